The van der Waals surface area contributed by atoms with Crippen LogP contribution in [0.15, 0.2) is 12.7 Å². The van der Waals surface area contributed by atoms with Crippen LogP contribution in [0.2, 0.25) is 0 Å². The second kappa shape index (κ2) is 6.58. The van der Waals surface area contributed by atoms with Gasteiger partial charge in [0, 0.05) is 5.56 Å². The van der Waals surface area contributed by atoms with Gasteiger partial charge in [0.05, 0.1) is 28.2 Å². The summed E-state index contributed by atoms with van der Waals surface area (Å²) in [5, 5.41) is 42.5. The number of hydrogen-bond acceptors (Lipinski definition) is 6. The molecule has 0 aromatic heterocycles. The Hall–Kier alpha value is -3.08. The number of nitrogens with zero attached hydrogens (tertiary/aromatic N) is 2. The number of nitro benzene ring substituents is 1. The topological polar surface area (TPSA) is 136 Å². The van der Waals surface area contributed by atoms with Gasteiger partial charge in [0.1, 0.15) is 0 Å². The first-order chi connectivity index (χ1) is 10.3. The molecule has 1 amide bonds. The van der Waals surface area contributed by atoms with E-state index in [9.17, 15) is 25.1 Å². The molecular formula is C14H15N3O5. The number of nitrogens with one attached hydrogen (secondary N) is 1. The summed E-state index contributed by atoms with van der Waals surface area (Å²) in [6.07, 6.45) is 1.05. The molecule has 1 aromatic rings. The largest absolute Gasteiger partial charge is 0.504 e. The van der Waals surface area contributed by atoms with Gasteiger partial charge in [0.2, 0.25) is 11.7 Å². The van der Waals surface area contributed by atoms with Crippen LogP contribution in [0.4, 0.5) is 11.4 Å². The molecule has 0 aliphatic carbocycles. The molecule has 3 N–H and O–H groups in total. The average Bonchev–Trinajstić information content (AvgIpc) is 2.49. The third kappa shape index (κ3) is 2.83. The first-order valence-electron chi connectivity index (χ1n) is 6.38. The smallest absolute Gasteiger partial charge is 0.319 e. The van der Waals surface area contributed by atoms with Crippen LogP contribution in [0.3, 0.4) is 0 Å². The number of benzene rings is 1. The highest BCUT2D eigenvalue weighted by Crippen LogP contribution is 2.48. The van der Waals surface area contributed by atoms with Crippen molar-refractivity contribution in [2.24, 2.45) is 0 Å². The monoisotopic (exact) mass is 305 g/mol. The zero-order valence-corrected chi connectivity index (χ0v) is 12.1. The van der Waals surface area contributed by atoms with Crippen LogP contribution in [0.25, 0.3) is 0 Å². The lowest BCUT2D eigenvalue weighted by molar-refractivity contribution is -0.386. The van der Waals surface area contributed by atoms with Crippen molar-refractivity contribution in [3.63, 3.8) is 0 Å². The molecule has 0 heterocycles. The maximum atomic E-state index is 11.6. The van der Waals surface area contributed by atoms with Crippen molar-refractivity contribution < 1.29 is 19.9 Å². The van der Waals surface area contributed by atoms with E-state index >= 15 is 0 Å². The average molecular weight is 305 g/mol. The van der Waals surface area contributed by atoms with Crippen LogP contribution >= 0.6 is 0 Å². The molecule has 1 aromatic carbocycles. The van der Waals surface area contributed by atoms with Crippen LogP contribution in [0.1, 0.15) is 30.9 Å². The number of nitriles is 1. The van der Waals surface area contributed by atoms with Crippen molar-refractivity contribution in [3.05, 3.63) is 33.9 Å². The number of phenols is 2. The molecule has 0 radical (unpaired) electrons. The second-order valence-electron chi connectivity index (χ2n) is 4.47. The summed E-state index contributed by atoms with van der Waals surface area (Å²) in [5.41, 5.74) is -0.804. The van der Waals surface area contributed by atoms with Crippen molar-refractivity contribution in [2.45, 2.75) is 26.2 Å². The normalized spacial score (nSPS) is 11.3. The summed E-state index contributed by atoms with van der Waals surface area (Å²) >= 11 is 0. The number of phenolic OH excluding ortho intramolecular Hbond substituents is 2. The summed E-state index contributed by atoms with van der Waals surface area (Å²) in [6.45, 7) is 6.30. The van der Waals surface area contributed by atoms with Gasteiger partial charge in [-0.3, -0.25) is 14.9 Å². The molecule has 1 atom stereocenters. The highest BCUT2D eigenvalue weighted by atomic mass is 16.6. The summed E-state index contributed by atoms with van der Waals surface area (Å²) in [4.78, 5) is 21.9. The molecule has 1 rings (SSSR count). The Bertz CT molecular complexity index is 691. The summed E-state index contributed by atoms with van der Waals surface area (Å²) in [7, 11) is 0. The number of nitro groups is 1. The zero-order valence-electron chi connectivity index (χ0n) is 12.1. The fraction of sp³-hybridized carbons (Fsp3) is 0.286. The first kappa shape index (κ1) is 17.0. The van der Waals surface area contributed by atoms with Crippen molar-refractivity contribution in [3.8, 4) is 17.6 Å². The highest BCUT2D eigenvalue weighted by molar-refractivity contribution is 6.01. The van der Waals surface area contributed by atoms with E-state index in [1.807, 2.05) is 6.07 Å². The Balaban J connectivity index is 3.87. The number of hydrogen-bond donors (Lipinski definition) is 3. The summed E-state index contributed by atoms with van der Waals surface area (Å²) < 4.78 is 0. The Morgan fingerprint density at radius 2 is 2.14 bits per heavy atom. The third-order valence-corrected chi connectivity index (χ3v) is 3.16. The van der Waals surface area contributed by atoms with Gasteiger partial charge in [-0.2, -0.15) is 5.26 Å². The van der Waals surface area contributed by atoms with Gasteiger partial charge < -0.3 is 15.5 Å². The second-order valence-corrected chi connectivity index (χ2v) is 4.47. The van der Waals surface area contributed by atoms with E-state index in [1.54, 1.807) is 6.92 Å². The van der Waals surface area contributed by atoms with E-state index in [1.165, 1.54) is 6.92 Å². The predicted octanol–water partition coefficient (Wildman–Crippen LogP) is 2.32. The van der Waals surface area contributed by atoms with E-state index in [4.69, 9.17) is 5.26 Å². The van der Waals surface area contributed by atoms with E-state index in [-0.39, 0.29) is 23.2 Å². The number of rotatable bonds is 5. The zero-order chi connectivity index (χ0) is 17.0. The van der Waals surface area contributed by atoms with Gasteiger partial charge >= 0.3 is 5.69 Å². The molecular weight excluding hydrogens is 290 g/mol. The van der Waals surface area contributed by atoms with Crippen LogP contribution in [-0.2, 0) is 11.2 Å². The molecule has 22 heavy (non-hydrogen) atoms. The van der Waals surface area contributed by atoms with E-state index in [2.05, 4.69) is 11.9 Å². The predicted molar refractivity (Wildman–Crippen MR) is 78.7 cm³/mol. The Kier molecular flexibility index (Phi) is 5.08. The molecule has 0 bridgehead atoms. The van der Waals surface area contributed by atoms with Gasteiger partial charge in [-0.05, 0) is 19.4 Å². The lowest BCUT2D eigenvalue weighted by atomic mass is 9.93. The minimum Gasteiger partial charge on any atom is -0.504 e. The molecule has 0 saturated carbocycles. The van der Waals surface area contributed by atoms with E-state index < -0.39 is 33.9 Å². The first-order valence-corrected chi connectivity index (χ1v) is 6.38. The number of anilines is 1. The molecule has 116 valence electrons. The fourth-order valence-electron chi connectivity index (χ4n) is 2.13. The van der Waals surface area contributed by atoms with Crippen molar-refractivity contribution in [1.29, 1.82) is 5.26 Å². The van der Waals surface area contributed by atoms with Gasteiger partial charge in [0.25, 0.3) is 0 Å². The standard InChI is InChI=1S/C14H15N3O5/c1-4-8-11(16-9(18)5-2)10(7(3)6-15)13(19)14(20)12(8)17(21)22/h5,7,19-20H,2,4H2,1,3H3,(H,16,18). The van der Waals surface area contributed by atoms with Crippen molar-refractivity contribution in [1.82, 2.24) is 0 Å². The van der Waals surface area contributed by atoms with Crippen molar-refractivity contribution >= 4 is 17.3 Å². The lowest BCUT2D eigenvalue weighted by Crippen LogP contribution is -2.14. The van der Waals surface area contributed by atoms with Gasteiger partial charge in [-0.25, -0.2) is 0 Å². The Morgan fingerprint density at radius 1 is 1.55 bits per heavy atom. The van der Waals surface area contributed by atoms with Crippen LogP contribution in [0, 0.1) is 21.4 Å². The molecule has 0 aliphatic rings. The number of carbonyl (C=O) groups is 1. The molecule has 1 unspecified atom stereocenters. The number of amides is 1. The number of carbonyl (C=O) groups excluding carboxylic acids is 1. The lowest BCUT2D eigenvalue weighted by Gasteiger charge is -2.18. The number of aromatic hydroxyl groups is 2. The molecule has 0 saturated heterocycles. The molecule has 0 fully saturated rings. The van der Waals surface area contributed by atoms with Crippen molar-refractivity contribution in [2.75, 3.05) is 5.32 Å². The van der Waals surface area contributed by atoms with Gasteiger partial charge in [-0.1, -0.05) is 13.5 Å². The molecule has 0 aliphatic heterocycles. The summed E-state index contributed by atoms with van der Waals surface area (Å²) in [5.74, 6) is -3.27. The minimum absolute atomic E-state index is 0.0209. The van der Waals surface area contributed by atoms with Crippen LogP contribution < -0.4 is 5.32 Å². The Labute approximate surface area is 126 Å². The molecule has 8 heteroatoms. The van der Waals surface area contributed by atoms with Crippen LogP contribution in [-0.4, -0.2) is 21.0 Å². The van der Waals surface area contributed by atoms with E-state index in [0.717, 1.165) is 6.08 Å². The maximum Gasteiger partial charge on any atom is 0.319 e. The molecule has 0 spiro atoms. The van der Waals surface area contributed by atoms with E-state index in [0.29, 0.717) is 0 Å². The Morgan fingerprint density at radius 3 is 2.55 bits per heavy atom. The fourth-order valence-corrected chi connectivity index (χ4v) is 2.13. The minimum atomic E-state index is -0.921. The highest BCUT2D eigenvalue weighted by Gasteiger charge is 2.32. The maximum absolute atomic E-state index is 11.6. The van der Waals surface area contributed by atoms with Gasteiger partial charge in [0.15, 0.2) is 5.75 Å². The third-order valence-electron chi connectivity index (χ3n) is 3.16. The quantitative estimate of drug-likeness (QED) is 0.251. The molecule has 8 nitrogen and oxygen atoms in total. The van der Waals surface area contributed by atoms with Gasteiger partial charge in [-0.15, -0.1) is 0 Å². The SMILES string of the molecule is C=CC(=O)Nc1c(CC)c([N+](=O)[O-])c(O)c(O)c1C(C)C#N. The van der Waals surface area contributed by atoms with Crippen LogP contribution in [0.5, 0.6) is 11.5 Å². The summed E-state index contributed by atoms with van der Waals surface area (Å²) in [6, 6.07) is 1.86.